The molecule has 8 nitrogen and oxygen atoms in total. The highest BCUT2D eigenvalue weighted by molar-refractivity contribution is 6.35. The van der Waals surface area contributed by atoms with Crippen molar-refractivity contribution >= 4 is 69.8 Å². The zero-order valence-corrected chi connectivity index (χ0v) is 17.9. The number of benzene rings is 2. The number of hydrogen-bond donors (Lipinski definition) is 4. The first kappa shape index (κ1) is 21.2. The molecule has 11 heteroatoms. The predicted octanol–water partition coefficient (Wildman–Crippen LogP) is 4.54. The molecule has 4 rings (SSSR count). The fourth-order valence-corrected chi connectivity index (χ4v) is 3.60. The van der Waals surface area contributed by atoms with E-state index in [1.54, 1.807) is 30.3 Å². The zero-order valence-electron chi connectivity index (χ0n) is 15.6. The lowest BCUT2D eigenvalue weighted by molar-refractivity contribution is -0.123. The largest absolute Gasteiger partial charge is 0.326 e. The van der Waals surface area contributed by atoms with Crippen LogP contribution in [0.15, 0.2) is 47.3 Å². The van der Waals surface area contributed by atoms with Crippen LogP contribution in [-0.4, -0.2) is 21.8 Å². The quantitative estimate of drug-likeness (QED) is 0.439. The van der Waals surface area contributed by atoms with Crippen LogP contribution in [0, 0.1) is 0 Å². The number of carbonyl (C=O) groups excluding carboxylic acids is 2. The molecule has 1 aliphatic rings. The zero-order chi connectivity index (χ0) is 22.1. The van der Waals surface area contributed by atoms with Crippen molar-refractivity contribution in [1.29, 1.82) is 0 Å². The number of nitrogens with one attached hydrogen (secondary N) is 4. The molecule has 31 heavy (non-hydrogen) atoms. The van der Waals surface area contributed by atoms with Gasteiger partial charge in [-0.2, -0.15) is 4.98 Å². The van der Waals surface area contributed by atoms with Crippen LogP contribution < -0.4 is 21.5 Å². The maximum atomic E-state index is 12.9. The van der Waals surface area contributed by atoms with Gasteiger partial charge in [-0.05, 0) is 42.5 Å². The number of nitrogens with zero attached hydrogens (tertiary/aromatic N) is 1. The Morgan fingerprint density at radius 1 is 1.03 bits per heavy atom. The highest BCUT2D eigenvalue weighted by Gasteiger charge is 2.35. The van der Waals surface area contributed by atoms with Crippen molar-refractivity contribution in [2.24, 2.45) is 0 Å². The third kappa shape index (κ3) is 4.66. The molecular formula is C20H14Cl3N5O3. The summed E-state index contributed by atoms with van der Waals surface area (Å²) in [6.45, 7) is 0. The van der Waals surface area contributed by atoms with Gasteiger partial charge in [-0.1, -0.05) is 34.8 Å². The van der Waals surface area contributed by atoms with E-state index < -0.39 is 23.3 Å². The van der Waals surface area contributed by atoms with Gasteiger partial charge in [0.1, 0.15) is 5.82 Å². The highest BCUT2D eigenvalue weighted by Crippen LogP contribution is 2.32. The summed E-state index contributed by atoms with van der Waals surface area (Å²) in [4.78, 5) is 44.7. The number of aromatic nitrogens is 2. The number of anilines is 4. The van der Waals surface area contributed by atoms with E-state index in [0.29, 0.717) is 15.7 Å². The lowest BCUT2D eigenvalue weighted by Crippen LogP contribution is -2.36. The molecule has 0 radical (unpaired) electrons. The van der Waals surface area contributed by atoms with Crippen LogP contribution in [0.4, 0.5) is 23.1 Å². The molecule has 158 valence electrons. The maximum Gasteiger partial charge on any atom is 0.258 e. The number of halogens is 3. The average Bonchev–Trinajstić information content (AvgIpc) is 2.71. The lowest BCUT2D eigenvalue weighted by atomic mass is 9.92. The molecule has 3 aromatic rings. The second kappa shape index (κ2) is 8.58. The van der Waals surface area contributed by atoms with E-state index in [1.165, 1.54) is 12.1 Å². The fraction of sp³-hybridized carbons (Fsp3) is 0.100. The molecule has 1 aliphatic heterocycles. The van der Waals surface area contributed by atoms with Crippen LogP contribution in [0.25, 0.3) is 0 Å². The van der Waals surface area contributed by atoms with Gasteiger partial charge in [0.2, 0.25) is 17.8 Å². The fourth-order valence-electron chi connectivity index (χ4n) is 3.14. The molecule has 0 saturated heterocycles. The number of amides is 2. The molecule has 0 aliphatic carbocycles. The van der Waals surface area contributed by atoms with E-state index in [9.17, 15) is 14.4 Å². The Hall–Kier alpha value is -3.07. The number of carbonyl (C=O) groups is 2. The van der Waals surface area contributed by atoms with Crippen LogP contribution in [0.5, 0.6) is 0 Å². The minimum Gasteiger partial charge on any atom is -0.326 e. The van der Waals surface area contributed by atoms with E-state index >= 15 is 0 Å². The summed E-state index contributed by atoms with van der Waals surface area (Å²) in [5.41, 5.74) is 0.396. The van der Waals surface area contributed by atoms with Gasteiger partial charge in [-0.25, -0.2) is 0 Å². The summed E-state index contributed by atoms with van der Waals surface area (Å²) in [7, 11) is 0. The van der Waals surface area contributed by atoms with Gasteiger partial charge in [0.15, 0.2) is 0 Å². The minimum atomic E-state index is -1.06. The maximum absolute atomic E-state index is 12.9. The number of aromatic amines is 1. The lowest BCUT2D eigenvalue weighted by Gasteiger charge is -2.24. The van der Waals surface area contributed by atoms with Crippen molar-refractivity contribution in [2.45, 2.75) is 12.3 Å². The molecule has 0 unspecified atom stereocenters. The molecule has 4 N–H and O–H groups in total. The van der Waals surface area contributed by atoms with Crippen molar-refractivity contribution in [3.05, 3.63) is 73.4 Å². The Balaban J connectivity index is 1.65. The smallest absolute Gasteiger partial charge is 0.258 e. The number of rotatable bonds is 4. The van der Waals surface area contributed by atoms with Gasteiger partial charge >= 0.3 is 0 Å². The Labute approximate surface area is 190 Å². The molecular weight excluding hydrogens is 465 g/mol. The molecule has 2 amide bonds. The van der Waals surface area contributed by atoms with Gasteiger partial charge < -0.3 is 16.0 Å². The van der Waals surface area contributed by atoms with Crippen molar-refractivity contribution < 1.29 is 9.59 Å². The van der Waals surface area contributed by atoms with Crippen LogP contribution in [0.1, 0.15) is 17.9 Å². The first-order chi connectivity index (χ1) is 14.8. The van der Waals surface area contributed by atoms with Gasteiger partial charge in [-0.3, -0.25) is 19.4 Å². The Bertz CT molecular complexity index is 1240. The van der Waals surface area contributed by atoms with Gasteiger partial charge in [0, 0.05) is 22.2 Å². The SMILES string of the molecule is O=C1C[C@H](C(=O)Nc2cc(Cl)ccc2Cl)c2c(nc(Nc3ccc(Cl)cc3)[nH]c2=O)N1. The summed E-state index contributed by atoms with van der Waals surface area (Å²) in [5, 5.41) is 9.30. The monoisotopic (exact) mass is 477 g/mol. The molecule has 2 aromatic carbocycles. The van der Waals surface area contributed by atoms with Crippen molar-refractivity contribution in [1.82, 2.24) is 9.97 Å². The summed E-state index contributed by atoms with van der Waals surface area (Å²) < 4.78 is 0. The minimum absolute atomic E-state index is 0.00815. The molecule has 0 saturated carbocycles. The first-order valence-corrected chi connectivity index (χ1v) is 10.2. The Morgan fingerprint density at radius 3 is 2.48 bits per heavy atom. The molecule has 1 aromatic heterocycles. The van der Waals surface area contributed by atoms with Gasteiger partial charge in [0.25, 0.3) is 5.56 Å². The highest BCUT2D eigenvalue weighted by atomic mass is 35.5. The number of fused-ring (bicyclic) bond motifs is 1. The van der Waals surface area contributed by atoms with E-state index in [0.717, 1.165) is 0 Å². The summed E-state index contributed by atoms with van der Waals surface area (Å²) in [6, 6.07) is 11.3. The molecule has 0 spiro atoms. The molecule has 0 fully saturated rings. The standard InChI is InChI=1S/C20H14Cl3N5O3/c21-9-1-4-11(5-2-9)24-20-27-17-16(19(31)28-20)12(8-15(29)26-17)18(30)25-14-7-10(22)3-6-13(14)23/h1-7,12H,8H2,(H,25,30)(H3,24,26,27,28,29,31)/t12-/m0/s1. The predicted molar refractivity (Wildman–Crippen MR) is 121 cm³/mol. The van der Waals surface area contributed by atoms with Crippen molar-refractivity contribution in [3.8, 4) is 0 Å². The van der Waals surface area contributed by atoms with Crippen LogP contribution in [0.2, 0.25) is 15.1 Å². The average molecular weight is 479 g/mol. The third-order valence-corrected chi connectivity index (χ3v) is 5.38. The van der Waals surface area contributed by atoms with E-state index in [-0.39, 0.29) is 34.5 Å². The van der Waals surface area contributed by atoms with Crippen LogP contribution in [0.3, 0.4) is 0 Å². The van der Waals surface area contributed by atoms with Crippen LogP contribution >= 0.6 is 34.8 Å². The second-order valence-corrected chi connectivity index (χ2v) is 8.01. The van der Waals surface area contributed by atoms with Gasteiger partial charge in [0.05, 0.1) is 22.2 Å². The first-order valence-electron chi connectivity index (χ1n) is 9.03. The summed E-state index contributed by atoms with van der Waals surface area (Å²) in [6.07, 6.45) is -0.217. The van der Waals surface area contributed by atoms with Gasteiger partial charge in [-0.15, -0.1) is 0 Å². The van der Waals surface area contributed by atoms with E-state index in [4.69, 9.17) is 34.8 Å². The second-order valence-electron chi connectivity index (χ2n) is 6.73. The molecule has 2 heterocycles. The number of H-pyrrole nitrogens is 1. The third-order valence-electron chi connectivity index (χ3n) is 4.56. The van der Waals surface area contributed by atoms with Crippen molar-refractivity contribution in [2.75, 3.05) is 16.0 Å². The molecule has 0 bridgehead atoms. The van der Waals surface area contributed by atoms with Crippen molar-refractivity contribution in [3.63, 3.8) is 0 Å². The van der Waals surface area contributed by atoms with E-state index in [2.05, 4.69) is 25.9 Å². The number of hydrogen-bond acceptors (Lipinski definition) is 5. The summed E-state index contributed by atoms with van der Waals surface area (Å²) in [5.74, 6) is -1.97. The normalized spacial score (nSPS) is 15.1. The molecule has 1 atom stereocenters. The van der Waals surface area contributed by atoms with Crippen LogP contribution in [-0.2, 0) is 9.59 Å². The summed E-state index contributed by atoms with van der Waals surface area (Å²) >= 11 is 17.9. The van der Waals surface area contributed by atoms with E-state index in [1.807, 2.05) is 0 Å². The topological polar surface area (TPSA) is 116 Å². The Kier molecular flexibility index (Phi) is 5.86. The Morgan fingerprint density at radius 2 is 1.74 bits per heavy atom.